The first-order valence-corrected chi connectivity index (χ1v) is 4.84. The fourth-order valence-electron chi connectivity index (χ4n) is 1.50. The third-order valence-electron chi connectivity index (χ3n) is 2.19. The molecular formula is C10H19N3. The summed E-state index contributed by atoms with van der Waals surface area (Å²) in [6.07, 6.45) is 3.32. The van der Waals surface area contributed by atoms with Gasteiger partial charge in [-0.05, 0) is 39.2 Å². The van der Waals surface area contributed by atoms with Crippen molar-refractivity contribution < 1.29 is 0 Å². The van der Waals surface area contributed by atoms with E-state index in [4.69, 9.17) is 5.73 Å². The van der Waals surface area contributed by atoms with Crippen molar-refractivity contribution >= 4 is 0 Å². The summed E-state index contributed by atoms with van der Waals surface area (Å²) in [6, 6.07) is 2.45. The number of hydrogen-bond acceptors (Lipinski definition) is 2. The topological polar surface area (TPSA) is 43.8 Å². The number of nitrogens with two attached hydrogens (primary N) is 1. The molecule has 1 heterocycles. The van der Waals surface area contributed by atoms with Crippen LogP contribution in [0, 0.1) is 6.92 Å². The summed E-state index contributed by atoms with van der Waals surface area (Å²) in [4.78, 5) is 0. The van der Waals surface area contributed by atoms with Gasteiger partial charge >= 0.3 is 0 Å². The molecule has 74 valence electrons. The molecule has 3 heteroatoms. The van der Waals surface area contributed by atoms with Gasteiger partial charge in [0.05, 0.1) is 5.69 Å². The van der Waals surface area contributed by atoms with Crippen molar-refractivity contribution in [3.63, 3.8) is 0 Å². The monoisotopic (exact) mass is 181 g/mol. The summed E-state index contributed by atoms with van der Waals surface area (Å²) in [5.41, 5.74) is 8.08. The minimum absolute atomic E-state index is 0.314. The first-order valence-electron chi connectivity index (χ1n) is 4.84. The van der Waals surface area contributed by atoms with Crippen molar-refractivity contribution in [2.45, 2.75) is 39.2 Å². The van der Waals surface area contributed by atoms with Crippen LogP contribution in [0.25, 0.3) is 0 Å². The first-order chi connectivity index (χ1) is 6.09. The Bertz CT molecular complexity index is 263. The zero-order chi connectivity index (χ0) is 9.84. The molecule has 0 fully saturated rings. The predicted octanol–water partition coefficient (Wildman–Crippen LogP) is 1.40. The van der Waals surface area contributed by atoms with Crippen molar-refractivity contribution in [3.05, 3.63) is 17.5 Å². The smallest absolute Gasteiger partial charge is 0.0596 e. The highest BCUT2D eigenvalue weighted by molar-refractivity contribution is 5.08. The number of nitrogens with zero attached hydrogens (tertiary/aromatic N) is 2. The van der Waals surface area contributed by atoms with E-state index in [-0.39, 0.29) is 0 Å². The second-order valence-electron chi connectivity index (χ2n) is 3.77. The maximum absolute atomic E-state index is 5.68. The zero-order valence-corrected chi connectivity index (χ0v) is 8.75. The Morgan fingerprint density at radius 2 is 2.31 bits per heavy atom. The average Bonchev–Trinajstić information content (AvgIpc) is 2.29. The number of hydrogen-bond donors (Lipinski definition) is 1. The van der Waals surface area contributed by atoms with Crippen molar-refractivity contribution in [1.82, 2.24) is 9.78 Å². The highest BCUT2D eigenvalue weighted by atomic mass is 15.3. The van der Waals surface area contributed by atoms with Crippen LogP contribution in [0.2, 0.25) is 0 Å². The summed E-state index contributed by atoms with van der Waals surface area (Å²) in [5.74, 6) is 0. The SMILES string of the molecule is Cc1cc(CCCC(C)N)n(C)n1. The molecular weight excluding hydrogens is 162 g/mol. The highest BCUT2D eigenvalue weighted by Crippen LogP contribution is 2.07. The second-order valence-corrected chi connectivity index (χ2v) is 3.77. The van der Waals surface area contributed by atoms with Crippen molar-refractivity contribution in [1.29, 1.82) is 0 Å². The number of aryl methyl sites for hydroxylation is 3. The lowest BCUT2D eigenvalue weighted by molar-refractivity contribution is 0.601. The van der Waals surface area contributed by atoms with Crippen LogP contribution in [0.3, 0.4) is 0 Å². The van der Waals surface area contributed by atoms with Crippen LogP contribution in [0.5, 0.6) is 0 Å². The van der Waals surface area contributed by atoms with Crippen LogP contribution in [-0.4, -0.2) is 15.8 Å². The molecule has 0 saturated heterocycles. The van der Waals surface area contributed by atoms with Gasteiger partial charge in [-0.2, -0.15) is 5.10 Å². The zero-order valence-electron chi connectivity index (χ0n) is 8.75. The Labute approximate surface area is 79.9 Å². The molecule has 0 spiro atoms. The third-order valence-corrected chi connectivity index (χ3v) is 2.19. The fraction of sp³-hybridized carbons (Fsp3) is 0.700. The second kappa shape index (κ2) is 4.42. The molecule has 1 atom stereocenters. The van der Waals surface area contributed by atoms with Gasteiger partial charge in [-0.3, -0.25) is 4.68 Å². The summed E-state index contributed by atoms with van der Waals surface area (Å²) in [5, 5.41) is 4.29. The Kier molecular flexibility index (Phi) is 3.48. The minimum Gasteiger partial charge on any atom is -0.328 e. The van der Waals surface area contributed by atoms with Crippen molar-refractivity contribution in [2.75, 3.05) is 0 Å². The molecule has 0 radical (unpaired) electrons. The van der Waals surface area contributed by atoms with Crippen LogP contribution in [0.1, 0.15) is 31.2 Å². The van der Waals surface area contributed by atoms with Gasteiger partial charge in [0.15, 0.2) is 0 Å². The van der Waals surface area contributed by atoms with Gasteiger partial charge in [0.25, 0.3) is 0 Å². The standard InChI is InChI=1S/C10H19N3/c1-8(11)5-4-6-10-7-9(2)12-13(10)3/h7-8H,4-6,11H2,1-3H3. The lowest BCUT2D eigenvalue weighted by Crippen LogP contribution is -2.14. The fourth-order valence-corrected chi connectivity index (χ4v) is 1.50. The van der Waals surface area contributed by atoms with Gasteiger partial charge < -0.3 is 5.73 Å². The summed E-state index contributed by atoms with van der Waals surface area (Å²) in [6.45, 7) is 4.07. The van der Waals surface area contributed by atoms with Crippen LogP contribution >= 0.6 is 0 Å². The Morgan fingerprint density at radius 3 is 2.77 bits per heavy atom. The van der Waals surface area contributed by atoms with Crippen LogP contribution < -0.4 is 5.73 Å². The lowest BCUT2D eigenvalue weighted by Gasteiger charge is -2.04. The largest absolute Gasteiger partial charge is 0.328 e. The molecule has 1 unspecified atom stereocenters. The van der Waals surface area contributed by atoms with E-state index in [9.17, 15) is 0 Å². The van der Waals surface area contributed by atoms with E-state index >= 15 is 0 Å². The molecule has 0 bridgehead atoms. The molecule has 2 N–H and O–H groups in total. The Hall–Kier alpha value is -0.830. The van der Waals surface area contributed by atoms with E-state index < -0.39 is 0 Å². The summed E-state index contributed by atoms with van der Waals surface area (Å²) < 4.78 is 1.95. The summed E-state index contributed by atoms with van der Waals surface area (Å²) in [7, 11) is 1.99. The van der Waals surface area contributed by atoms with Gasteiger partial charge in [0.1, 0.15) is 0 Å². The Balaban J connectivity index is 2.40. The summed E-state index contributed by atoms with van der Waals surface area (Å²) >= 11 is 0. The molecule has 1 aromatic rings. The minimum atomic E-state index is 0.314. The van der Waals surface area contributed by atoms with Gasteiger partial charge in [-0.15, -0.1) is 0 Å². The lowest BCUT2D eigenvalue weighted by atomic mass is 10.1. The highest BCUT2D eigenvalue weighted by Gasteiger charge is 2.02. The van der Waals surface area contributed by atoms with Gasteiger partial charge in [-0.1, -0.05) is 0 Å². The molecule has 0 aliphatic rings. The third kappa shape index (κ3) is 3.19. The predicted molar refractivity (Wildman–Crippen MR) is 54.5 cm³/mol. The molecule has 3 nitrogen and oxygen atoms in total. The van der Waals surface area contributed by atoms with Crippen LogP contribution in [-0.2, 0) is 13.5 Å². The van der Waals surface area contributed by atoms with E-state index in [1.54, 1.807) is 0 Å². The van der Waals surface area contributed by atoms with E-state index in [0.717, 1.165) is 25.0 Å². The first kappa shape index (κ1) is 10.3. The molecule has 13 heavy (non-hydrogen) atoms. The van der Waals surface area contributed by atoms with Crippen LogP contribution in [0.15, 0.2) is 6.07 Å². The maximum atomic E-state index is 5.68. The van der Waals surface area contributed by atoms with Crippen molar-refractivity contribution in [3.8, 4) is 0 Å². The van der Waals surface area contributed by atoms with E-state index in [0.29, 0.717) is 6.04 Å². The molecule has 0 aliphatic carbocycles. The van der Waals surface area contributed by atoms with E-state index in [1.165, 1.54) is 5.69 Å². The molecule has 0 saturated carbocycles. The number of aromatic nitrogens is 2. The van der Waals surface area contributed by atoms with Gasteiger partial charge in [-0.25, -0.2) is 0 Å². The molecule has 0 aromatic carbocycles. The van der Waals surface area contributed by atoms with E-state index in [2.05, 4.69) is 18.1 Å². The van der Waals surface area contributed by atoms with Gasteiger partial charge in [0.2, 0.25) is 0 Å². The Morgan fingerprint density at radius 1 is 1.62 bits per heavy atom. The number of rotatable bonds is 4. The van der Waals surface area contributed by atoms with Crippen LogP contribution in [0.4, 0.5) is 0 Å². The quantitative estimate of drug-likeness (QED) is 0.763. The van der Waals surface area contributed by atoms with Gasteiger partial charge in [0, 0.05) is 18.8 Å². The van der Waals surface area contributed by atoms with E-state index in [1.807, 2.05) is 18.7 Å². The normalized spacial score (nSPS) is 13.2. The molecule has 0 amide bonds. The average molecular weight is 181 g/mol. The maximum Gasteiger partial charge on any atom is 0.0596 e. The molecule has 0 aliphatic heterocycles. The molecule has 1 aromatic heterocycles. The van der Waals surface area contributed by atoms with Crippen molar-refractivity contribution in [2.24, 2.45) is 12.8 Å². The molecule has 1 rings (SSSR count).